The maximum Gasteiger partial charge on any atom is 0.230 e. The molecular weight excluding hydrogens is 348 g/mol. The van der Waals surface area contributed by atoms with Crippen LogP contribution in [0.25, 0.3) is 21.5 Å². The predicted octanol–water partition coefficient (Wildman–Crippen LogP) is 1.77. The van der Waals surface area contributed by atoms with Gasteiger partial charge < -0.3 is 9.80 Å². The van der Waals surface area contributed by atoms with Crippen molar-refractivity contribution < 1.29 is 4.79 Å². The van der Waals surface area contributed by atoms with E-state index in [9.17, 15) is 4.79 Å². The molecule has 1 saturated heterocycles. The molecule has 1 aliphatic rings. The van der Waals surface area contributed by atoms with Crippen molar-refractivity contribution in [2.75, 3.05) is 33.2 Å². The van der Waals surface area contributed by atoms with Gasteiger partial charge in [-0.2, -0.15) is 0 Å². The first kappa shape index (κ1) is 17.0. The minimum absolute atomic E-state index is 0.0911. The Hall–Kier alpha value is -2.45. The van der Waals surface area contributed by atoms with E-state index in [0.717, 1.165) is 52.7 Å². The first-order chi connectivity index (χ1) is 12.6. The van der Waals surface area contributed by atoms with E-state index in [2.05, 4.69) is 32.1 Å². The largest absolute Gasteiger partial charge is 0.340 e. The highest BCUT2D eigenvalue weighted by Gasteiger charge is 2.20. The summed E-state index contributed by atoms with van der Waals surface area (Å²) in [7, 11) is 2.07. The molecule has 3 aromatic rings. The molecule has 0 aliphatic carbocycles. The Labute approximate surface area is 155 Å². The number of fused-ring (bicyclic) bond motifs is 1. The molecule has 26 heavy (non-hydrogen) atoms. The lowest BCUT2D eigenvalue weighted by atomic mass is 10.1. The fourth-order valence-corrected chi connectivity index (χ4v) is 3.68. The van der Waals surface area contributed by atoms with Crippen LogP contribution in [0.5, 0.6) is 0 Å². The summed E-state index contributed by atoms with van der Waals surface area (Å²) in [5.41, 5.74) is 1.81. The lowest BCUT2D eigenvalue weighted by Crippen LogP contribution is -2.47. The topological polar surface area (TPSA) is 75.1 Å². The zero-order valence-corrected chi connectivity index (χ0v) is 15.7. The summed E-state index contributed by atoms with van der Waals surface area (Å²) in [5, 5.41) is 11.0. The van der Waals surface area contributed by atoms with E-state index in [4.69, 9.17) is 0 Å². The lowest BCUT2D eigenvalue weighted by Gasteiger charge is -2.32. The first-order valence-corrected chi connectivity index (χ1v) is 9.42. The van der Waals surface area contributed by atoms with Crippen molar-refractivity contribution in [3.8, 4) is 10.6 Å². The van der Waals surface area contributed by atoms with Crippen LogP contribution >= 0.6 is 11.3 Å². The second-order valence-corrected chi connectivity index (χ2v) is 7.73. The second-order valence-electron chi connectivity index (χ2n) is 6.55. The maximum atomic E-state index is 12.5. The predicted molar refractivity (Wildman–Crippen MR) is 101 cm³/mol. The van der Waals surface area contributed by atoms with Crippen molar-refractivity contribution in [2.24, 2.45) is 0 Å². The summed E-state index contributed by atoms with van der Waals surface area (Å²) < 4.78 is 0. The Morgan fingerprint density at radius 3 is 2.73 bits per heavy atom. The molecule has 2 aromatic heterocycles. The summed E-state index contributed by atoms with van der Waals surface area (Å²) in [4.78, 5) is 25.6. The monoisotopic (exact) mass is 368 g/mol. The second kappa shape index (κ2) is 7.05. The van der Waals surface area contributed by atoms with Crippen LogP contribution in [0, 0.1) is 6.92 Å². The number of piperazine rings is 1. The third kappa shape index (κ3) is 3.56. The highest BCUT2D eigenvalue weighted by molar-refractivity contribution is 7.14. The smallest absolute Gasteiger partial charge is 0.230 e. The minimum atomic E-state index is 0.0911. The number of aromatic nitrogens is 4. The summed E-state index contributed by atoms with van der Waals surface area (Å²) in [6.45, 7) is 5.29. The highest BCUT2D eigenvalue weighted by atomic mass is 32.1. The van der Waals surface area contributed by atoms with E-state index < -0.39 is 0 Å². The van der Waals surface area contributed by atoms with E-state index in [1.807, 2.05) is 30.0 Å². The summed E-state index contributed by atoms with van der Waals surface area (Å²) in [6, 6.07) is 5.97. The highest BCUT2D eigenvalue weighted by Crippen LogP contribution is 2.25. The van der Waals surface area contributed by atoms with Gasteiger partial charge in [0.1, 0.15) is 15.8 Å². The van der Waals surface area contributed by atoms with Gasteiger partial charge in [0.25, 0.3) is 0 Å². The standard InChI is InChI=1S/C18H20N6OS/c1-12-21-22-18(26-12)13-3-4-14-11-19-16(20-15(14)9-13)10-17(25)24-7-5-23(2)6-8-24/h3-4,9,11H,5-8,10H2,1-2H3. The van der Waals surface area contributed by atoms with E-state index in [-0.39, 0.29) is 12.3 Å². The first-order valence-electron chi connectivity index (χ1n) is 8.61. The van der Waals surface area contributed by atoms with Crippen LogP contribution < -0.4 is 0 Å². The third-order valence-corrected chi connectivity index (χ3v) is 5.46. The maximum absolute atomic E-state index is 12.5. The van der Waals surface area contributed by atoms with Gasteiger partial charge in [0.15, 0.2) is 0 Å². The Morgan fingerprint density at radius 2 is 2.00 bits per heavy atom. The van der Waals surface area contributed by atoms with Gasteiger partial charge in [-0.3, -0.25) is 4.79 Å². The van der Waals surface area contributed by atoms with Gasteiger partial charge in [-0.25, -0.2) is 9.97 Å². The quantitative estimate of drug-likeness (QED) is 0.701. The van der Waals surface area contributed by atoms with Crippen LogP contribution in [0.15, 0.2) is 24.4 Å². The number of likely N-dealkylation sites (N-methyl/N-ethyl adjacent to an activating group) is 1. The van der Waals surface area contributed by atoms with Crippen molar-refractivity contribution >= 4 is 28.1 Å². The van der Waals surface area contributed by atoms with Crippen LogP contribution in [0.1, 0.15) is 10.8 Å². The number of hydrogen-bond donors (Lipinski definition) is 0. The average Bonchev–Trinajstić information content (AvgIpc) is 3.08. The van der Waals surface area contributed by atoms with Crippen LogP contribution in [0.4, 0.5) is 0 Å². The van der Waals surface area contributed by atoms with Gasteiger partial charge in [0, 0.05) is 43.3 Å². The number of benzene rings is 1. The van der Waals surface area contributed by atoms with Gasteiger partial charge in [-0.1, -0.05) is 23.5 Å². The summed E-state index contributed by atoms with van der Waals surface area (Å²) in [6.07, 6.45) is 2.02. The van der Waals surface area contributed by atoms with Gasteiger partial charge in [0.2, 0.25) is 5.91 Å². The number of aryl methyl sites for hydroxylation is 1. The van der Waals surface area contributed by atoms with Crippen molar-refractivity contribution in [3.05, 3.63) is 35.2 Å². The molecule has 1 fully saturated rings. The Kier molecular flexibility index (Phi) is 4.60. The zero-order chi connectivity index (χ0) is 18.1. The zero-order valence-electron chi connectivity index (χ0n) is 14.8. The van der Waals surface area contributed by atoms with Crippen molar-refractivity contribution in [1.82, 2.24) is 30.0 Å². The molecule has 1 aromatic carbocycles. The number of carbonyl (C=O) groups is 1. The summed E-state index contributed by atoms with van der Waals surface area (Å²) in [5.74, 6) is 0.653. The lowest BCUT2D eigenvalue weighted by molar-refractivity contribution is -0.132. The average molecular weight is 368 g/mol. The molecule has 1 amide bonds. The number of amides is 1. The van der Waals surface area contributed by atoms with E-state index in [1.54, 1.807) is 17.5 Å². The van der Waals surface area contributed by atoms with Crippen molar-refractivity contribution in [1.29, 1.82) is 0 Å². The molecule has 4 rings (SSSR count). The molecule has 0 atom stereocenters. The normalized spacial score (nSPS) is 15.5. The summed E-state index contributed by atoms with van der Waals surface area (Å²) >= 11 is 1.55. The molecule has 3 heterocycles. The molecule has 1 aliphatic heterocycles. The van der Waals surface area contributed by atoms with Crippen LogP contribution in [-0.2, 0) is 11.2 Å². The van der Waals surface area contributed by atoms with Gasteiger partial charge in [0.05, 0.1) is 11.9 Å². The van der Waals surface area contributed by atoms with Gasteiger partial charge >= 0.3 is 0 Å². The van der Waals surface area contributed by atoms with E-state index in [1.165, 1.54) is 0 Å². The van der Waals surface area contributed by atoms with Gasteiger partial charge in [-0.05, 0) is 20.0 Å². The van der Waals surface area contributed by atoms with Gasteiger partial charge in [-0.15, -0.1) is 10.2 Å². The van der Waals surface area contributed by atoms with E-state index in [0.29, 0.717) is 5.82 Å². The van der Waals surface area contributed by atoms with Crippen molar-refractivity contribution in [2.45, 2.75) is 13.3 Å². The Morgan fingerprint density at radius 1 is 1.19 bits per heavy atom. The molecule has 8 heteroatoms. The van der Waals surface area contributed by atoms with Crippen LogP contribution in [-0.4, -0.2) is 69.1 Å². The van der Waals surface area contributed by atoms with E-state index >= 15 is 0 Å². The molecule has 0 N–H and O–H groups in total. The number of nitrogens with zero attached hydrogens (tertiary/aromatic N) is 6. The fraction of sp³-hybridized carbons (Fsp3) is 0.389. The number of hydrogen-bond acceptors (Lipinski definition) is 7. The molecule has 0 unspecified atom stereocenters. The SMILES string of the molecule is Cc1nnc(-c2ccc3cnc(CC(=O)N4CCN(C)CC4)nc3c2)s1. The molecule has 0 spiro atoms. The molecule has 0 bridgehead atoms. The Bertz CT molecular complexity index is 948. The molecule has 0 saturated carbocycles. The molecule has 7 nitrogen and oxygen atoms in total. The van der Waals surface area contributed by atoms with Crippen molar-refractivity contribution in [3.63, 3.8) is 0 Å². The third-order valence-electron chi connectivity index (χ3n) is 4.57. The fourth-order valence-electron chi connectivity index (χ4n) is 3.00. The van der Waals surface area contributed by atoms with Crippen LogP contribution in [0.3, 0.4) is 0 Å². The molecule has 134 valence electrons. The minimum Gasteiger partial charge on any atom is -0.340 e. The number of carbonyl (C=O) groups excluding carboxylic acids is 1. The molecular formula is C18H20N6OS. The number of rotatable bonds is 3. The molecule has 0 radical (unpaired) electrons. The Balaban J connectivity index is 1.55. The van der Waals surface area contributed by atoms with Crippen LogP contribution in [0.2, 0.25) is 0 Å².